The van der Waals surface area contributed by atoms with Crippen molar-refractivity contribution in [3.63, 3.8) is 0 Å². The average molecular weight is 460 g/mol. The Labute approximate surface area is 196 Å². The van der Waals surface area contributed by atoms with Crippen LogP contribution in [-0.2, 0) is 13.6 Å². The van der Waals surface area contributed by atoms with E-state index in [0.717, 1.165) is 22.4 Å². The summed E-state index contributed by atoms with van der Waals surface area (Å²) in [5.41, 5.74) is 3.60. The van der Waals surface area contributed by atoms with Crippen LogP contribution in [0.5, 0.6) is 0 Å². The molecule has 3 aromatic heterocycles. The standard InChI is InChI=1S/C23H25N9O2/c1-12-7-15(19-25-11-26-23(30-19)28-17-9-27-32(4)10-17)5-6-16(12)8-24-21(33)20-29-22(34-31-20)18-13(2)14(18)3/h5-7,9-11,13-14,18H,8H2,1-4H3,(H,24,33)(H,25,26,28,30)/t13-,14?,18?/m0/s1. The normalized spacial score (nSPS) is 19.1. The number of rotatable bonds is 7. The smallest absolute Gasteiger partial charge is 0.292 e. The fraction of sp³-hybridized carbons (Fsp3) is 0.348. The number of benzene rings is 1. The fourth-order valence-electron chi connectivity index (χ4n) is 3.97. The van der Waals surface area contributed by atoms with Gasteiger partial charge in [0.1, 0.15) is 6.33 Å². The molecule has 4 aromatic rings. The molecule has 11 nitrogen and oxygen atoms in total. The van der Waals surface area contributed by atoms with E-state index in [0.29, 0.717) is 36.0 Å². The van der Waals surface area contributed by atoms with Crippen LogP contribution < -0.4 is 10.6 Å². The van der Waals surface area contributed by atoms with Crippen molar-refractivity contribution in [1.29, 1.82) is 0 Å². The monoisotopic (exact) mass is 459 g/mol. The number of aromatic nitrogens is 7. The molecule has 3 atom stereocenters. The van der Waals surface area contributed by atoms with E-state index in [1.54, 1.807) is 10.9 Å². The molecule has 34 heavy (non-hydrogen) atoms. The lowest BCUT2D eigenvalue weighted by Gasteiger charge is -2.09. The van der Waals surface area contributed by atoms with Gasteiger partial charge in [-0.2, -0.15) is 15.1 Å². The van der Waals surface area contributed by atoms with Gasteiger partial charge in [0, 0.05) is 31.3 Å². The first-order chi connectivity index (χ1) is 16.4. The van der Waals surface area contributed by atoms with E-state index in [9.17, 15) is 4.79 Å². The number of amides is 1. The number of hydrogen-bond donors (Lipinski definition) is 2. The molecular weight excluding hydrogens is 434 g/mol. The van der Waals surface area contributed by atoms with E-state index < -0.39 is 0 Å². The van der Waals surface area contributed by atoms with E-state index in [-0.39, 0.29) is 17.6 Å². The van der Waals surface area contributed by atoms with Crippen LogP contribution in [0.2, 0.25) is 0 Å². The van der Waals surface area contributed by atoms with Gasteiger partial charge in [0.15, 0.2) is 5.82 Å². The van der Waals surface area contributed by atoms with Gasteiger partial charge in [-0.3, -0.25) is 9.48 Å². The van der Waals surface area contributed by atoms with Crippen LogP contribution in [0.15, 0.2) is 41.4 Å². The number of hydrogen-bond acceptors (Lipinski definition) is 9. The minimum atomic E-state index is -0.358. The lowest BCUT2D eigenvalue weighted by Crippen LogP contribution is -2.24. The zero-order chi connectivity index (χ0) is 23.8. The number of nitrogens with one attached hydrogen (secondary N) is 2. The number of aryl methyl sites for hydroxylation is 2. The summed E-state index contributed by atoms with van der Waals surface area (Å²) >= 11 is 0. The summed E-state index contributed by atoms with van der Waals surface area (Å²) in [6.45, 7) is 6.60. The lowest BCUT2D eigenvalue weighted by atomic mass is 10.0. The molecule has 0 radical (unpaired) electrons. The van der Waals surface area contributed by atoms with Crippen molar-refractivity contribution >= 4 is 17.5 Å². The summed E-state index contributed by atoms with van der Waals surface area (Å²) in [5.74, 6) is 2.48. The summed E-state index contributed by atoms with van der Waals surface area (Å²) in [5, 5.41) is 13.9. The highest BCUT2D eigenvalue weighted by Crippen LogP contribution is 2.52. The molecule has 0 aliphatic heterocycles. The van der Waals surface area contributed by atoms with Crippen LogP contribution in [0.25, 0.3) is 11.4 Å². The van der Waals surface area contributed by atoms with Crippen molar-refractivity contribution in [2.24, 2.45) is 18.9 Å². The molecule has 11 heteroatoms. The number of carbonyl (C=O) groups excluding carboxylic acids is 1. The largest absolute Gasteiger partial charge is 0.345 e. The number of nitrogens with zero attached hydrogens (tertiary/aromatic N) is 7. The van der Waals surface area contributed by atoms with E-state index >= 15 is 0 Å². The van der Waals surface area contributed by atoms with Gasteiger partial charge in [0.25, 0.3) is 11.7 Å². The van der Waals surface area contributed by atoms with Crippen molar-refractivity contribution in [3.8, 4) is 11.4 Å². The van der Waals surface area contributed by atoms with Gasteiger partial charge in [-0.15, -0.1) is 0 Å². The molecule has 0 saturated heterocycles. The maximum absolute atomic E-state index is 12.5. The van der Waals surface area contributed by atoms with Gasteiger partial charge in [-0.25, -0.2) is 9.97 Å². The van der Waals surface area contributed by atoms with Gasteiger partial charge in [-0.05, 0) is 36.0 Å². The molecule has 174 valence electrons. The Hall–Kier alpha value is -4.15. The molecular formula is C23H25N9O2. The van der Waals surface area contributed by atoms with Gasteiger partial charge >= 0.3 is 0 Å². The maximum Gasteiger partial charge on any atom is 0.292 e. The molecule has 0 spiro atoms. The second kappa shape index (κ2) is 8.65. The molecule has 1 amide bonds. The van der Waals surface area contributed by atoms with Crippen molar-refractivity contribution in [2.45, 2.75) is 33.2 Å². The average Bonchev–Trinajstić information content (AvgIpc) is 3.20. The first-order valence-corrected chi connectivity index (χ1v) is 11.1. The first kappa shape index (κ1) is 21.7. The number of carbonyl (C=O) groups is 1. The molecule has 3 heterocycles. The van der Waals surface area contributed by atoms with Crippen LogP contribution in [-0.4, -0.2) is 40.8 Å². The van der Waals surface area contributed by atoms with Crippen molar-refractivity contribution in [2.75, 3.05) is 5.32 Å². The van der Waals surface area contributed by atoms with Gasteiger partial charge < -0.3 is 15.2 Å². The van der Waals surface area contributed by atoms with Crippen LogP contribution >= 0.6 is 0 Å². The molecule has 1 aromatic carbocycles. The van der Waals surface area contributed by atoms with Gasteiger partial charge in [-0.1, -0.05) is 31.1 Å². The zero-order valence-electron chi connectivity index (χ0n) is 19.4. The highest BCUT2D eigenvalue weighted by Gasteiger charge is 2.48. The molecule has 1 saturated carbocycles. The van der Waals surface area contributed by atoms with E-state index in [1.165, 1.54) is 6.33 Å². The molecule has 1 aliphatic rings. The van der Waals surface area contributed by atoms with E-state index in [4.69, 9.17) is 4.52 Å². The van der Waals surface area contributed by atoms with Crippen molar-refractivity contribution < 1.29 is 9.32 Å². The summed E-state index contributed by atoms with van der Waals surface area (Å²) < 4.78 is 6.98. The summed E-state index contributed by atoms with van der Waals surface area (Å²) in [4.78, 5) is 29.7. The minimum Gasteiger partial charge on any atom is -0.345 e. The minimum absolute atomic E-state index is 0.0643. The third-order valence-corrected chi connectivity index (χ3v) is 6.32. The lowest BCUT2D eigenvalue weighted by molar-refractivity contribution is 0.0937. The molecule has 1 aliphatic carbocycles. The Balaban J connectivity index is 1.23. The second-order valence-electron chi connectivity index (χ2n) is 8.68. The second-order valence-corrected chi connectivity index (χ2v) is 8.68. The van der Waals surface area contributed by atoms with E-state index in [1.807, 2.05) is 38.4 Å². The van der Waals surface area contributed by atoms with Crippen LogP contribution in [0.1, 0.15) is 47.4 Å². The molecule has 1 fully saturated rings. The van der Waals surface area contributed by atoms with Crippen molar-refractivity contribution in [1.82, 2.24) is 40.2 Å². The van der Waals surface area contributed by atoms with Crippen LogP contribution in [0, 0.1) is 18.8 Å². The number of anilines is 2. The Bertz CT molecular complexity index is 1340. The SMILES string of the molecule is Cc1cc(-c2ncnc(Nc3cnn(C)c3)n2)ccc1CNC(=O)c1noc(C2C(C)[C@@H]2C)n1. The molecule has 2 unspecified atom stereocenters. The maximum atomic E-state index is 12.5. The van der Waals surface area contributed by atoms with Crippen LogP contribution in [0.4, 0.5) is 11.6 Å². The van der Waals surface area contributed by atoms with Crippen molar-refractivity contribution in [3.05, 3.63) is 59.8 Å². The Morgan fingerprint density at radius 2 is 2.00 bits per heavy atom. The predicted octanol–water partition coefficient (Wildman–Crippen LogP) is 3.01. The highest BCUT2D eigenvalue weighted by molar-refractivity contribution is 5.90. The van der Waals surface area contributed by atoms with E-state index in [2.05, 4.69) is 54.7 Å². The Morgan fingerprint density at radius 1 is 1.18 bits per heavy atom. The Kier molecular flexibility index (Phi) is 5.52. The topological polar surface area (TPSA) is 137 Å². The fourth-order valence-corrected chi connectivity index (χ4v) is 3.97. The van der Waals surface area contributed by atoms with Gasteiger partial charge in [0.05, 0.1) is 11.9 Å². The van der Waals surface area contributed by atoms with Gasteiger partial charge in [0.2, 0.25) is 11.8 Å². The quantitative estimate of drug-likeness (QED) is 0.427. The summed E-state index contributed by atoms with van der Waals surface area (Å²) in [6, 6.07) is 5.84. The molecule has 2 N–H and O–H groups in total. The molecule has 5 rings (SSSR count). The van der Waals surface area contributed by atoms with Crippen LogP contribution in [0.3, 0.4) is 0 Å². The summed E-state index contributed by atoms with van der Waals surface area (Å²) in [6.07, 6.45) is 4.99. The predicted molar refractivity (Wildman–Crippen MR) is 123 cm³/mol. The Morgan fingerprint density at radius 3 is 2.71 bits per heavy atom. The molecule has 0 bridgehead atoms. The third kappa shape index (κ3) is 4.36. The zero-order valence-corrected chi connectivity index (χ0v) is 19.4. The first-order valence-electron chi connectivity index (χ1n) is 11.1. The summed E-state index contributed by atoms with van der Waals surface area (Å²) in [7, 11) is 1.84. The third-order valence-electron chi connectivity index (χ3n) is 6.32. The highest BCUT2D eigenvalue weighted by atomic mass is 16.5.